The van der Waals surface area contributed by atoms with Gasteiger partial charge in [-0.05, 0) is 125 Å². The van der Waals surface area contributed by atoms with Gasteiger partial charge in [-0.25, -0.2) is 0 Å². The van der Waals surface area contributed by atoms with Crippen LogP contribution < -0.4 is 4.90 Å². The van der Waals surface area contributed by atoms with Gasteiger partial charge >= 0.3 is 0 Å². The van der Waals surface area contributed by atoms with E-state index >= 15 is 0 Å². The number of rotatable bonds is 5. The molecule has 1 saturated carbocycles. The van der Waals surface area contributed by atoms with Gasteiger partial charge in [-0.3, -0.25) is 4.98 Å². The largest absolute Gasteiger partial charge is 0.341 e. The topological polar surface area (TPSA) is 21.1 Å². The van der Waals surface area contributed by atoms with E-state index in [0.717, 1.165) is 12.8 Å². The Hall–Kier alpha value is -5.93. The van der Waals surface area contributed by atoms with E-state index in [0.29, 0.717) is 23.8 Å². The summed E-state index contributed by atoms with van der Waals surface area (Å²) in [6.45, 7) is 0. The molecule has 3 nitrogen and oxygen atoms in total. The zero-order valence-electron chi connectivity index (χ0n) is 30.5. The maximum Gasteiger partial charge on any atom is 0.0541 e. The van der Waals surface area contributed by atoms with Gasteiger partial charge in [0.05, 0.1) is 11.0 Å². The summed E-state index contributed by atoms with van der Waals surface area (Å²) in [5.41, 5.74) is 16.1. The van der Waals surface area contributed by atoms with Crippen LogP contribution in [-0.2, 0) is 0 Å². The first-order valence-electron chi connectivity index (χ1n) is 19.9. The van der Waals surface area contributed by atoms with Crippen LogP contribution in [0, 0.1) is 11.8 Å². The molecule has 5 aliphatic rings. The van der Waals surface area contributed by atoms with Crippen molar-refractivity contribution in [1.82, 2.24) is 9.55 Å². The third kappa shape index (κ3) is 5.13. The normalized spacial score (nSPS) is 22.8. The predicted molar refractivity (Wildman–Crippen MR) is 225 cm³/mol. The van der Waals surface area contributed by atoms with E-state index in [9.17, 15) is 0 Å². The first kappa shape index (κ1) is 31.6. The molecule has 262 valence electrons. The molecule has 4 aromatic carbocycles. The highest BCUT2D eigenvalue weighted by atomic mass is 15.2. The fourth-order valence-corrected chi connectivity index (χ4v) is 10.3. The van der Waals surface area contributed by atoms with Crippen LogP contribution in [0.2, 0.25) is 0 Å². The lowest BCUT2D eigenvalue weighted by molar-refractivity contribution is 0.395. The number of anilines is 1. The number of para-hydroxylation sites is 1. The molecule has 3 heteroatoms. The predicted octanol–water partition coefficient (Wildman–Crippen LogP) is 12.8. The van der Waals surface area contributed by atoms with Gasteiger partial charge in [0.2, 0.25) is 0 Å². The smallest absolute Gasteiger partial charge is 0.0541 e. The second-order valence-electron chi connectivity index (χ2n) is 15.7. The minimum Gasteiger partial charge on any atom is -0.341 e. The Morgan fingerprint density at radius 2 is 1.35 bits per heavy atom. The summed E-state index contributed by atoms with van der Waals surface area (Å²) in [5, 5.41) is 2.58. The number of hydrogen-bond donors (Lipinski definition) is 0. The number of allylic oxidation sites excluding steroid dienone is 12. The van der Waals surface area contributed by atoms with Crippen LogP contribution >= 0.6 is 0 Å². The number of hydrogen-bond acceptors (Lipinski definition) is 2. The van der Waals surface area contributed by atoms with Gasteiger partial charge in [-0.15, -0.1) is 0 Å². The molecule has 0 amide bonds. The van der Waals surface area contributed by atoms with Gasteiger partial charge in [0.15, 0.2) is 0 Å². The lowest BCUT2D eigenvalue weighted by atomic mass is 9.75. The Morgan fingerprint density at radius 3 is 2.24 bits per heavy atom. The molecule has 1 fully saturated rings. The van der Waals surface area contributed by atoms with Gasteiger partial charge in [0, 0.05) is 64.0 Å². The fourth-order valence-electron chi connectivity index (χ4n) is 10.3. The molecule has 0 radical (unpaired) electrons. The molecule has 3 heterocycles. The zero-order chi connectivity index (χ0) is 35.6. The van der Waals surface area contributed by atoms with Crippen molar-refractivity contribution in [3.63, 3.8) is 0 Å². The monoisotopic (exact) mass is 697 g/mol. The SMILES string of the molecule is C1=CC2C=CC=C(C3=CC=C(N4c5ccc(-c6ccc7c(c6)c6ccccc6n7-c6ccc(-c7ccncc7)cc6)cc5C5CCCCC54)CC3)C2C=C1. The van der Waals surface area contributed by atoms with Crippen LogP contribution in [0.4, 0.5) is 5.69 Å². The molecule has 0 spiro atoms. The number of aromatic nitrogens is 2. The summed E-state index contributed by atoms with van der Waals surface area (Å²) >= 11 is 0. The minimum absolute atomic E-state index is 0.468. The summed E-state index contributed by atoms with van der Waals surface area (Å²) in [4.78, 5) is 6.95. The fraction of sp³-hybridized carbons (Fsp3) is 0.196. The highest BCUT2D eigenvalue weighted by Gasteiger charge is 2.41. The maximum absolute atomic E-state index is 4.19. The lowest BCUT2D eigenvalue weighted by Crippen LogP contribution is -2.35. The van der Waals surface area contributed by atoms with Gasteiger partial charge in [0.1, 0.15) is 0 Å². The molecular weight excluding hydrogens is 655 g/mol. The molecule has 1 aliphatic heterocycles. The van der Waals surface area contributed by atoms with Crippen LogP contribution in [-0.4, -0.2) is 15.6 Å². The average molecular weight is 698 g/mol. The highest BCUT2D eigenvalue weighted by molar-refractivity contribution is 6.10. The van der Waals surface area contributed by atoms with Crippen molar-refractivity contribution in [1.29, 1.82) is 0 Å². The van der Waals surface area contributed by atoms with Crippen molar-refractivity contribution in [3.05, 3.63) is 187 Å². The molecule has 2 aromatic heterocycles. The molecule has 0 N–H and O–H groups in total. The maximum atomic E-state index is 4.19. The third-order valence-electron chi connectivity index (χ3n) is 12.8. The molecule has 11 rings (SSSR count). The molecule has 54 heavy (non-hydrogen) atoms. The Morgan fingerprint density at radius 1 is 0.593 bits per heavy atom. The molecule has 6 aromatic rings. The zero-order valence-corrected chi connectivity index (χ0v) is 30.5. The Balaban J connectivity index is 0.943. The van der Waals surface area contributed by atoms with Crippen molar-refractivity contribution in [2.24, 2.45) is 11.8 Å². The van der Waals surface area contributed by atoms with Gasteiger partial charge in [0.25, 0.3) is 0 Å². The molecule has 0 saturated heterocycles. The van der Waals surface area contributed by atoms with E-state index < -0.39 is 0 Å². The molecule has 0 bridgehead atoms. The van der Waals surface area contributed by atoms with E-state index in [1.165, 1.54) is 98.0 Å². The number of fused-ring (bicyclic) bond motifs is 7. The Labute approximate surface area is 317 Å². The van der Waals surface area contributed by atoms with Gasteiger partial charge in [-0.1, -0.05) is 104 Å². The molecule has 4 unspecified atom stereocenters. The number of benzene rings is 4. The van der Waals surface area contributed by atoms with E-state index in [2.05, 4.69) is 166 Å². The first-order chi connectivity index (χ1) is 26.8. The number of pyridine rings is 1. The van der Waals surface area contributed by atoms with Crippen molar-refractivity contribution < 1.29 is 0 Å². The summed E-state index contributed by atoms with van der Waals surface area (Å²) in [7, 11) is 0. The van der Waals surface area contributed by atoms with Crippen molar-refractivity contribution >= 4 is 27.5 Å². The standard InChI is InChI=1S/C51H43N3/c1-2-10-42-36(8-1)9-7-13-43(42)37-18-24-41(25-19-37)54-49-15-6-4-12-45(49)47-33-39(21-27-51(47)54)38-20-26-50-46(32-38)44-11-3-5-14-48(44)53(50)40-22-16-34(17-23-40)35-28-30-52-31-29-35/h1-3,5,7-11,13-14,16-18,20-24,26-33,36,42,45,49H,4,6,12,15,19,25H2. The van der Waals surface area contributed by atoms with E-state index in [1.54, 1.807) is 5.56 Å². The molecule has 4 atom stereocenters. The van der Waals surface area contributed by atoms with E-state index in [1.807, 2.05) is 12.4 Å². The summed E-state index contributed by atoms with van der Waals surface area (Å²) < 4.78 is 2.42. The minimum atomic E-state index is 0.468. The van der Waals surface area contributed by atoms with Gasteiger partial charge in [-0.2, -0.15) is 0 Å². The Bertz CT molecular complexity index is 2630. The molecule has 4 aliphatic carbocycles. The third-order valence-corrected chi connectivity index (χ3v) is 12.8. The average Bonchev–Trinajstić information content (AvgIpc) is 3.76. The van der Waals surface area contributed by atoms with Crippen LogP contribution in [0.25, 0.3) is 49.7 Å². The molecular formula is C51H43N3. The second-order valence-corrected chi connectivity index (χ2v) is 15.7. The highest BCUT2D eigenvalue weighted by Crippen LogP contribution is 2.52. The summed E-state index contributed by atoms with van der Waals surface area (Å²) in [6.07, 6.45) is 32.1. The van der Waals surface area contributed by atoms with E-state index in [-0.39, 0.29) is 0 Å². The van der Waals surface area contributed by atoms with Crippen LogP contribution in [0.1, 0.15) is 50.0 Å². The second kappa shape index (κ2) is 12.9. The first-order valence-corrected chi connectivity index (χ1v) is 19.9. The van der Waals surface area contributed by atoms with Crippen LogP contribution in [0.3, 0.4) is 0 Å². The van der Waals surface area contributed by atoms with Gasteiger partial charge < -0.3 is 9.47 Å². The quantitative estimate of drug-likeness (QED) is 0.179. The van der Waals surface area contributed by atoms with Crippen molar-refractivity contribution in [2.45, 2.75) is 50.5 Å². The van der Waals surface area contributed by atoms with Crippen LogP contribution in [0.15, 0.2) is 181 Å². The van der Waals surface area contributed by atoms with E-state index in [4.69, 9.17) is 0 Å². The van der Waals surface area contributed by atoms with Crippen molar-refractivity contribution in [3.8, 4) is 27.9 Å². The number of nitrogens with zero attached hydrogens (tertiary/aromatic N) is 3. The summed E-state index contributed by atoms with van der Waals surface area (Å²) in [5.74, 6) is 1.54. The van der Waals surface area contributed by atoms with Crippen LogP contribution in [0.5, 0.6) is 0 Å². The lowest BCUT2D eigenvalue weighted by Gasteiger charge is -2.36. The summed E-state index contributed by atoms with van der Waals surface area (Å²) in [6, 6.07) is 36.9. The Kier molecular flexibility index (Phi) is 7.53. The van der Waals surface area contributed by atoms with Crippen molar-refractivity contribution in [2.75, 3.05) is 4.90 Å².